The van der Waals surface area contributed by atoms with Crippen molar-refractivity contribution in [1.82, 2.24) is 4.57 Å². The molecule has 5 rings (SSSR count). The van der Waals surface area contributed by atoms with Crippen LogP contribution in [0, 0.1) is 0 Å². The monoisotopic (exact) mass is 486 g/mol. The molecule has 4 aromatic rings. The number of rotatable bonds is 6. The Morgan fingerprint density at radius 3 is 2.14 bits per heavy atom. The second-order valence-electron chi connectivity index (χ2n) is 8.68. The molecule has 0 unspecified atom stereocenters. The Hall–Kier alpha value is -3.74. The number of hydrogen-bond donors (Lipinski definition) is 3. The molecule has 0 saturated carbocycles. The first-order chi connectivity index (χ1) is 17.0. The molecule has 0 bridgehead atoms. The number of aliphatic hydroxyl groups is 1. The van der Waals surface area contributed by atoms with Gasteiger partial charge < -0.3 is 25.2 Å². The lowest BCUT2D eigenvalue weighted by Gasteiger charge is -2.31. The summed E-state index contributed by atoms with van der Waals surface area (Å²) in [6.45, 7) is 1.64. The predicted octanol–water partition coefficient (Wildman–Crippen LogP) is 6.09. The van der Waals surface area contributed by atoms with Crippen molar-refractivity contribution in [1.29, 1.82) is 0 Å². The van der Waals surface area contributed by atoms with Crippen molar-refractivity contribution in [3.8, 4) is 5.69 Å². The molecule has 6 nitrogen and oxygen atoms in total. The van der Waals surface area contributed by atoms with E-state index in [1.54, 1.807) is 6.07 Å². The largest absolute Gasteiger partial charge is 0.393 e. The number of carbonyl (C=O) groups is 1. The summed E-state index contributed by atoms with van der Waals surface area (Å²) in [5.74, 6) is -0.192. The summed E-state index contributed by atoms with van der Waals surface area (Å²) in [5, 5.41) is 16.4. The zero-order valence-corrected chi connectivity index (χ0v) is 19.9. The lowest BCUT2D eigenvalue weighted by Crippen LogP contribution is -2.35. The van der Waals surface area contributed by atoms with E-state index in [1.165, 1.54) is 0 Å². The summed E-state index contributed by atoms with van der Waals surface area (Å²) in [6, 6.07) is 25.0. The molecule has 1 fully saturated rings. The van der Waals surface area contributed by atoms with E-state index in [0.717, 1.165) is 48.7 Å². The molecule has 0 radical (unpaired) electrons. The van der Waals surface area contributed by atoms with Crippen LogP contribution in [0.15, 0.2) is 91.3 Å². The number of carbonyl (C=O) groups excluding carboxylic acids is 1. The van der Waals surface area contributed by atoms with E-state index in [2.05, 4.69) is 15.5 Å². The molecule has 0 atom stereocenters. The summed E-state index contributed by atoms with van der Waals surface area (Å²) in [7, 11) is 0. The van der Waals surface area contributed by atoms with Crippen LogP contribution in [-0.4, -0.2) is 34.8 Å². The smallest absolute Gasteiger partial charge is 0.255 e. The molecule has 0 spiro atoms. The van der Waals surface area contributed by atoms with Crippen LogP contribution in [0.2, 0.25) is 5.02 Å². The highest BCUT2D eigenvalue weighted by Crippen LogP contribution is 2.29. The van der Waals surface area contributed by atoms with Crippen LogP contribution in [0.4, 0.5) is 22.7 Å². The average Bonchev–Trinajstić information content (AvgIpc) is 3.42. The third-order valence-electron chi connectivity index (χ3n) is 6.23. The topological polar surface area (TPSA) is 69.5 Å². The molecular weight excluding hydrogens is 460 g/mol. The maximum Gasteiger partial charge on any atom is 0.255 e. The fraction of sp³-hybridized carbons (Fsp3) is 0.179. The van der Waals surface area contributed by atoms with Crippen molar-refractivity contribution in [3.05, 3.63) is 102 Å². The van der Waals surface area contributed by atoms with E-state index >= 15 is 0 Å². The lowest BCUT2D eigenvalue weighted by molar-refractivity contribution is 0.102. The number of anilines is 4. The molecule has 0 aliphatic carbocycles. The SMILES string of the molecule is O=C(Nc1ccc(Nc2ccc(-n3cccc3)cc2)c(Cl)c1)c1ccc(N2CCC(O)CC2)cc1. The zero-order chi connectivity index (χ0) is 24.2. The molecule has 35 heavy (non-hydrogen) atoms. The highest BCUT2D eigenvalue weighted by molar-refractivity contribution is 6.33. The minimum Gasteiger partial charge on any atom is -0.393 e. The van der Waals surface area contributed by atoms with Crippen LogP contribution in [0.5, 0.6) is 0 Å². The second-order valence-corrected chi connectivity index (χ2v) is 9.08. The summed E-state index contributed by atoms with van der Waals surface area (Å²) >= 11 is 6.50. The minimum absolute atomic E-state index is 0.192. The van der Waals surface area contributed by atoms with Gasteiger partial charge in [0, 0.05) is 53.8 Å². The Bertz CT molecular complexity index is 1280. The summed E-state index contributed by atoms with van der Waals surface area (Å²) < 4.78 is 2.04. The van der Waals surface area contributed by atoms with Gasteiger partial charge in [-0.3, -0.25) is 4.79 Å². The maximum absolute atomic E-state index is 12.7. The predicted molar refractivity (Wildman–Crippen MR) is 142 cm³/mol. The van der Waals surface area contributed by atoms with Crippen molar-refractivity contribution in [2.45, 2.75) is 18.9 Å². The van der Waals surface area contributed by atoms with Gasteiger partial charge >= 0.3 is 0 Å². The fourth-order valence-electron chi connectivity index (χ4n) is 4.22. The van der Waals surface area contributed by atoms with Gasteiger partial charge in [0.15, 0.2) is 0 Å². The van der Waals surface area contributed by atoms with E-state index in [9.17, 15) is 9.90 Å². The van der Waals surface area contributed by atoms with Crippen molar-refractivity contribution < 1.29 is 9.90 Å². The summed E-state index contributed by atoms with van der Waals surface area (Å²) in [4.78, 5) is 15.0. The van der Waals surface area contributed by atoms with Gasteiger partial charge in [0.25, 0.3) is 5.91 Å². The highest BCUT2D eigenvalue weighted by atomic mass is 35.5. The Morgan fingerprint density at radius 2 is 1.49 bits per heavy atom. The van der Waals surface area contributed by atoms with Crippen LogP contribution in [0.1, 0.15) is 23.2 Å². The number of aliphatic hydroxyl groups excluding tert-OH is 1. The standard InChI is InChI=1S/C28H27ClN4O2/c29-26-19-22(7-12-27(26)30-21-5-10-24(11-6-21)32-15-1-2-16-32)31-28(35)20-3-8-23(9-4-20)33-17-13-25(34)14-18-33/h1-12,15-16,19,25,30,34H,13-14,17-18H2,(H,31,35). The molecule has 1 aliphatic rings. The first-order valence-corrected chi connectivity index (χ1v) is 12.1. The molecular formula is C28H27ClN4O2. The lowest BCUT2D eigenvalue weighted by atomic mass is 10.1. The number of benzene rings is 3. The number of nitrogens with one attached hydrogen (secondary N) is 2. The van der Waals surface area contributed by atoms with Gasteiger partial charge in [-0.25, -0.2) is 0 Å². The van der Waals surface area contributed by atoms with Crippen LogP contribution in [-0.2, 0) is 0 Å². The van der Waals surface area contributed by atoms with Gasteiger partial charge in [-0.05, 0) is 91.7 Å². The van der Waals surface area contributed by atoms with Gasteiger partial charge in [0.2, 0.25) is 0 Å². The second kappa shape index (κ2) is 10.3. The first kappa shape index (κ1) is 23.0. The summed E-state index contributed by atoms with van der Waals surface area (Å²) in [6.07, 6.45) is 5.34. The van der Waals surface area contributed by atoms with Crippen molar-refractivity contribution in [3.63, 3.8) is 0 Å². The van der Waals surface area contributed by atoms with Gasteiger partial charge in [0.05, 0.1) is 16.8 Å². The molecule has 178 valence electrons. The number of nitrogens with zero attached hydrogens (tertiary/aromatic N) is 2. The number of hydrogen-bond acceptors (Lipinski definition) is 4. The number of piperidine rings is 1. The van der Waals surface area contributed by atoms with Gasteiger partial charge in [-0.2, -0.15) is 0 Å². The van der Waals surface area contributed by atoms with Gasteiger partial charge in [-0.15, -0.1) is 0 Å². The van der Waals surface area contributed by atoms with Crippen LogP contribution >= 0.6 is 11.6 Å². The van der Waals surface area contributed by atoms with Gasteiger partial charge in [0.1, 0.15) is 0 Å². The molecule has 1 saturated heterocycles. The molecule has 1 aromatic heterocycles. The average molecular weight is 487 g/mol. The molecule has 3 aromatic carbocycles. The number of halogens is 1. The zero-order valence-electron chi connectivity index (χ0n) is 19.2. The molecule has 1 aliphatic heterocycles. The molecule has 1 amide bonds. The molecule has 2 heterocycles. The van der Waals surface area contributed by atoms with E-state index in [4.69, 9.17) is 11.6 Å². The number of aromatic nitrogens is 1. The third kappa shape index (κ3) is 5.50. The van der Waals surface area contributed by atoms with E-state index in [-0.39, 0.29) is 12.0 Å². The Morgan fingerprint density at radius 1 is 0.857 bits per heavy atom. The molecule has 3 N–H and O–H groups in total. The Kier molecular flexibility index (Phi) is 6.75. The quantitative estimate of drug-likeness (QED) is 0.308. The minimum atomic E-state index is -0.208. The Labute approximate surface area is 209 Å². The van der Waals surface area contributed by atoms with Crippen LogP contribution < -0.4 is 15.5 Å². The van der Waals surface area contributed by atoms with E-state index in [0.29, 0.717) is 16.3 Å². The molecule has 7 heteroatoms. The van der Waals surface area contributed by atoms with Crippen molar-refractivity contribution >= 4 is 40.3 Å². The van der Waals surface area contributed by atoms with Gasteiger partial charge in [-0.1, -0.05) is 11.6 Å². The summed E-state index contributed by atoms with van der Waals surface area (Å²) in [5.41, 5.74) is 5.02. The highest BCUT2D eigenvalue weighted by Gasteiger charge is 2.17. The Balaban J connectivity index is 1.20. The first-order valence-electron chi connectivity index (χ1n) is 11.7. The normalized spacial score (nSPS) is 14.1. The number of amides is 1. The third-order valence-corrected chi connectivity index (χ3v) is 6.55. The van der Waals surface area contributed by atoms with Crippen LogP contribution in [0.3, 0.4) is 0 Å². The van der Waals surface area contributed by atoms with Crippen LogP contribution in [0.25, 0.3) is 5.69 Å². The van der Waals surface area contributed by atoms with Crippen molar-refractivity contribution in [2.24, 2.45) is 0 Å². The van der Waals surface area contributed by atoms with Crippen molar-refractivity contribution in [2.75, 3.05) is 28.6 Å². The fourth-order valence-corrected chi connectivity index (χ4v) is 4.45. The van der Waals surface area contributed by atoms with E-state index in [1.807, 2.05) is 89.8 Å². The maximum atomic E-state index is 12.7. The van der Waals surface area contributed by atoms with E-state index < -0.39 is 0 Å².